The molecule has 3 aliphatic carbocycles. The molecule has 5 rings (SSSR count). The largest absolute Gasteiger partial charge is 0.510 e. The highest BCUT2D eigenvalue weighted by molar-refractivity contribution is 6.33. The van der Waals surface area contributed by atoms with Crippen LogP contribution in [0.3, 0.4) is 0 Å². The van der Waals surface area contributed by atoms with Crippen LogP contribution < -0.4 is 11.1 Å². The Hall–Kier alpha value is -2.96. The number of nitrogens with zero attached hydrogens (tertiary/aromatic N) is 1. The summed E-state index contributed by atoms with van der Waals surface area (Å²) in [6, 6.07) is 0.486. The van der Waals surface area contributed by atoms with Crippen LogP contribution in [0.1, 0.15) is 34.3 Å². The topological polar surface area (TPSA) is 183 Å². The number of phenols is 1. The lowest BCUT2D eigenvalue weighted by Gasteiger charge is -2.50. The van der Waals surface area contributed by atoms with Gasteiger partial charge in [-0.15, -0.1) is 0 Å². The second-order valence-electron chi connectivity index (χ2n) is 10.6. The van der Waals surface area contributed by atoms with Gasteiger partial charge < -0.3 is 36.2 Å². The maximum atomic E-state index is 13.7. The molecular formula is C26H30ClN3O8. The molecule has 0 aromatic heterocycles. The van der Waals surface area contributed by atoms with Crippen LogP contribution in [0, 0.1) is 11.8 Å². The van der Waals surface area contributed by atoms with Gasteiger partial charge in [0, 0.05) is 35.7 Å². The fraction of sp³-hybridized carbons (Fsp3) is 0.500. The third-order valence-electron chi connectivity index (χ3n) is 8.24. The first kappa shape index (κ1) is 26.6. The third kappa shape index (κ3) is 3.76. The van der Waals surface area contributed by atoms with Gasteiger partial charge in [-0.25, -0.2) is 0 Å². The summed E-state index contributed by atoms with van der Waals surface area (Å²) in [4.78, 5) is 40.5. The standard InChI is InChI=1S/C26H30ClN3O8/c1-30(2)20-14-6-10-5-13-17(15(31)7-11(19(13)27)8-29-12-3-4-38-9-12)21(32)16(10)23(34)26(14,37)24(35)18(22(20)33)25(28)36/h7,10,12,14,20,29,31,33-34,37H,3-6,8-9H2,1-2H3,(H2,28,36)/t10-,12+,14-,20-,26-/m0/s1. The summed E-state index contributed by atoms with van der Waals surface area (Å²) < 4.78 is 5.37. The van der Waals surface area contributed by atoms with Gasteiger partial charge >= 0.3 is 0 Å². The molecule has 0 unspecified atom stereocenters. The van der Waals surface area contributed by atoms with Crippen molar-refractivity contribution in [2.45, 2.75) is 43.5 Å². The van der Waals surface area contributed by atoms with Gasteiger partial charge in [-0.3, -0.25) is 19.3 Å². The molecule has 38 heavy (non-hydrogen) atoms. The van der Waals surface area contributed by atoms with E-state index < -0.39 is 58.0 Å². The normalized spacial score (nSPS) is 31.0. The Morgan fingerprint density at radius 1 is 1.29 bits per heavy atom. The summed E-state index contributed by atoms with van der Waals surface area (Å²) in [6.07, 6.45) is 0.989. The number of carbonyl (C=O) groups is 3. The van der Waals surface area contributed by atoms with Crippen molar-refractivity contribution in [3.05, 3.63) is 50.4 Å². The van der Waals surface area contributed by atoms with Crippen molar-refractivity contribution in [1.29, 1.82) is 0 Å². The Labute approximate surface area is 223 Å². The summed E-state index contributed by atoms with van der Waals surface area (Å²) >= 11 is 6.74. The maximum Gasteiger partial charge on any atom is 0.255 e. The predicted octanol–water partition coefficient (Wildman–Crippen LogP) is 0.653. The number of nitrogens with two attached hydrogens (primary N) is 1. The number of benzene rings is 1. The number of aliphatic hydroxyl groups excluding tert-OH is 2. The molecule has 1 amide bonds. The number of carbonyl (C=O) groups excluding carboxylic acids is 3. The molecule has 204 valence electrons. The van der Waals surface area contributed by atoms with Crippen LogP contribution >= 0.6 is 11.6 Å². The number of phenolic OH excluding ortho intramolecular Hbond substituents is 1. The lowest BCUT2D eigenvalue weighted by Crippen LogP contribution is -2.63. The maximum absolute atomic E-state index is 13.7. The third-order valence-corrected chi connectivity index (χ3v) is 8.71. The number of rotatable bonds is 5. The lowest BCUT2D eigenvalue weighted by molar-refractivity contribution is -0.148. The van der Waals surface area contributed by atoms with Gasteiger partial charge in [0.2, 0.25) is 5.78 Å². The van der Waals surface area contributed by atoms with E-state index in [0.717, 1.165) is 6.42 Å². The van der Waals surface area contributed by atoms with E-state index in [-0.39, 0.29) is 35.8 Å². The SMILES string of the molecule is CN(C)[C@@H]1C(O)=C(C(N)=O)C(=O)[C@@]2(O)C(O)=C3C(=O)c4c(O)cc(CN[C@@H]5CCOC5)c(Cl)c4C[C@H]3C[C@@H]12. The summed E-state index contributed by atoms with van der Waals surface area (Å²) in [5.74, 6) is -6.91. The number of Topliss-reactive ketones (excluding diaryl/α,β-unsaturated/α-hetero) is 2. The molecule has 1 aromatic carbocycles. The second-order valence-corrected chi connectivity index (χ2v) is 11.0. The summed E-state index contributed by atoms with van der Waals surface area (Å²) in [7, 11) is 3.16. The molecule has 1 heterocycles. The molecular weight excluding hydrogens is 518 g/mol. The van der Waals surface area contributed by atoms with E-state index in [1.54, 1.807) is 14.1 Å². The highest BCUT2D eigenvalue weighted by atomic mass is 35.5. The summed E-state index contributed by atoms with van der Waals surface area (Å²) in [5, 5.41) is 48.2. The van der Waals surface area contributed by atoms with Gasteiger partial charge in [0.15, 0.2) is 11.4 Å². The van der Waals surface area contributed by atoms with E-state index in [2.05, 4.69) is 5.32 Å². The van der Waals surface area contributed by atoms with Crippen LogP contribution in [-0.2, 0) is 27.3 Å². The zero-order valence-corrected chi connectivity index (χ0v) is 21.7. The van der Waals surface area contributed by atoms with Gasteiger partial charge in [-0.2, -0.15) is 0 Å². The first-order valence-electron chi connectivity index (χ1n) is 12.4. The Bertz CT molecular complexity index is 1320. The number of primary amides is 1. The second kappa shape index (κ2) is 9.35. The molecule has 1 fully saturated rings. The number of aromatic hydroxyl groups is 1. The first-order valence-corrected chi connectivity index (χ1v) is 12.8. The van der Waals surface area contributed by atoms with Crippen molar-refractivity contribution >= 4 is 29.1 Å². The minimum absolute atomic E-state index is 0.00471. The number of likely N-dealkylation sites (N-methyl/N-ethyl adjacent to an activating group) is 1. The molecule has 11 nitrogen and oxygen atoms in total. The molecule has 0 bridgehead atoms. The average molecular weight is 548 g/mol. The minimum Gasteiger partial charge on any atom is -0.510 e. The quantitative estimate of drug-likeness (QED) is 0.286. The molecule has 0 spiro atoms. The number of fused-ring (bicyclic) bond motifs is 3. The molecule has 0 radical (unpaired) electrons. The number of ketones is 2. The Morgan fingerprint density at radius 2 is 2.00 bits per heavy atom. The number of hydrogen-bond donors (Lipinski definition) is 6. The molecule has 1 saturated heterocycles. The highest BCUT2D eigenvalue weighted by Gasteiger charge is 2.63. The fourth-order valence-electron chi connectivity index (χ4n) is 6.43. The van der Waals surface area contributed by atoms with Crippen LogP contribution in [0.15, 0.2) is 28.7 Å². The fourth-order valence-corrected chi connectivity index (χ4v) is 6.73. The van der Waals surface area contributed by atoms with Crippen molar-refractivity contribution in [3.63, 3.8) is 0 Å². The van der Waals surface area contributed by atoms with Crippen molar-refractivity contribution in [2.24, 2.45) is 17.6 Å². The zero-order valence-electron chi connectivity index (χ0n) is 21.0. The molecule has 1 aromatic rings. The first-order chi connectivity index (χ1) is 17.9. The molecule has 5 atom stereocenters. The average Bonchev–Trinajstić information content (AvgIpc) is 3.36. The number of amides is 1. The molecule has 1 aliphatic heterocycles. The molecule has 7 N–H and O–H groups in total. The minimum atomic E-state index is -2.67. The van der Waals surface area contributed by atoms with Crippen molar-refractivity contribution in [3.8, 4) is 5.75 Å². The van der Waals surface area contributed by atoms with Crippen molar-refractivity contribution < 1.29 is 39.5 Å². The van der Waals surface area contributed by atoms with Crippen LogP contribution in [0.4, 0.5) is 0 Å². The summed E-state index contributed by atoms with van der Waals surface area (Å²) in [6.45, 7) is 1.57. The zero-order chi connectivity index (χ0) is 27.7. The van der Waals surface area contributed by atoms with Crippen LogP contribution in [0.25, 0.3) is 0 Å². The van der Waals surface area contributed by atoms with Crippen molar-refractivity contribution in [2.75, 3.05) is 27.3 Å². The van der Waals surface area contributed by atoms with Gasteiger partial charge in [0.1, 0.15) is 22.8 Å². The van der Waals surface area contributed by atoms with Crippen molar-refractivity contribution in [1.82, 2.24) is 10.2 Å². The summed E-state index contributed by atoms with van der Waals surface area (Å²) in [5.41, 5.74) is 2.51. The van der Waals surface area contributed by atoms with E-state index in [9.17, 15) is 34.8 Å². The lowest BCUT2D eigenvalue weighted by atomic mass is 9.58. The number of hydrogen-bond acceptors (Lipinski definition) is 10. The highest BCUT2D eigenvalue weighted by Crippen LogP contribution is 2.53. The van der Waals surface area contributed by atoms with Crippen LogP contribution in [0.2, 0.25) is 5.02 Å². The van der Waals surface area contributed by atoms with Gasteiger partial charge in [0.05, 0.1) is 18.2 Å². The van der Waals surface area contributed by atoms with Gasteiger partial charge in [-0.1, -0.05) is 11.6 Å². The van der Waals surface area contributed by atoms with E-state index in [1.165, 1.54) is 11.0 Å². The Kier molecular flexibility index (Phi) is 6.56. The van der Waals surface area contributed by atoms with E-state index in [4.69, 9.17) is 22.1 Å². The number of halogens is 1. The monoisotopic (exact) mass is 547 g/mol. The number of ether oxygens (including phenoxy) is 1. The smallest absolute Gasteiger partial charge is 0.255 e. The molecule has 4 aliphatic rings. The molecule has 0 saturated carbocycles. The van der Waals surface area contributed by atoms with E-state index >= 15 is 0 Å². The predicted molar refractivity (Wildman–Crippen MR) is 135 cm³/mol. The van der Waals surface area contributed by atoms with Crippen LogP contribution in [0.5, 0.6) is 5.75 Å². The number of nitrogens with one attached hydrogen (secondary N) is 1. The Balaban J connectivity index is 1.60. The van der Waals surface area contributed by atoms with Crippen LogP contribution in [-0.4, -0.2) is 87.8 Å². The van der Waals surface area contributed by atoms with Gasteiger partial charge in [0.25, 0.3) is 5.91 Å². The number of allylic oxidation sites excluding steroid dienone is 1. The number of aliphatic hydroxyl groups is 3. The van der Waals surface area contributed by atoms with E-state index in [0.29, 0.717) is 35.9 Å². The molecule has 12 heteroatoms. The Morgan fingerprint density at radius 3 is 2.61 bits per heavy atom. The van der Waals surface area contributed by atoms with E-state index in [1.807, 2.05) is 0 Å². The van der Waals surface area contributed by atoms with Gasteiger partial charge in [-0.05, 0) is 56.5 Å².